The third-order valence-corrected chi connectivity index (χ3v) is 6.32. The monoisotopic (exact) mass is 279 g/mol. The van der Waals surface area contributed by atoms with Crippen LogP contribution in [-0.4, -0.2) is 19.3 Å². The molecule has 0 amide bonds. The normalized spacial score (nSPS) is 26.3. The molecule has 96 valence electrons. The standard InChI is InChI=1S/C13H17N3S2/c1-17-12-11(15)10(5-14)18-13(12)16-6-8-3-2-4-9(8)7-16/h8-9H,2-4,6-7,15H2,1H3. The third kappa shape index (κ3) is 1.79. The van der Waals surface area contributed by atoms with Crippen LogP contribution < -0.4 is 10.6 Å². The minimum atomic E-state index is 0.673. The molecule has 3 rings (SSSR count). The summed E-state index contributed by atoms with van der Waals surface area (Å²) in [4.78, 5) is 4.24. The zero-order valence-electron chi connectivity index (χ0n) is 10.5. The van der Waals surface area contributed by atoms with Crippen LogP contribution in [0.25, 0.3) is 0 Å². The summed E-state index contributed by atoms with van der Waals surface area (Å²) in [5.41, 5.74) is 6.73. The molecule has 3 nitrogen and oxygen atoms in total. The Morgan fingerprint density at radius 2 is 2.06 bits per heavy atom. The fraction of sp³-hybridized carbons (Fsp3) is 0.615. The minimum Gasteiger partial charge on any atom is -0.396 e. The van der Waals surface area contributed by atoms with Crippen molar-refractivity contribution < 1.29 is 0 Å². The molecule has 1 saturated heterocycles. The van der Waals surface area contributed by atoms with E-state index in [1.807, 2.05) is 6.26 Å². The summed E-state index contributed by atoms with van der Waals surface area (Å²) in [5, 5.41) is 10.3. The van der Waals surface area contributed by atoms with E-state index in [9.17, 15) is 0 Å². The minimum absolute atomic E-state index is 0.673. The van der Waals surface area contributed by atoms with Crippen molar-refractivity contribution in [1.29, 1.82) is 5.26 Å². The van der Waals surface area contributed by atoms with Crippen LogP contribution in [0.15, 0.2) is 4.90 Å². The fourth-order valence-electron chi connectivity index (χ4n) is 3.31. The molecule has 2 aliphatic rings. The van der Waals surface area contributed by atoms with Gasteiger partial charge in [0.2, 0.25) is 0 Å². The summed E-state index contributed by atoms with van der Waals surface area (Å²) in [6.45, 7) is 2.31. The lowest BCUT2D eigenvalue weighted by molar-refractivity contribution is 0.494. The summed E-state index contributed by atoms with van der Waals surface area (Å²) in [6.07, 6.45) is 6.19. The van der Waals surface area contributed by atoms with Crippen molar-refractivity contribution in [3.05, 3.63) is 4.88 Å². The van der Waals surface area contributed by atoms with Gasteiger partial charge < -0.3 is 10.6 Å². The molecule has 1 saturated carbocycles. The molecule has 1 aliphatic carbocycles. The van der Waals surface area contributed by atoms with Crippen LogP contribution in [0.1, 0.15) is 24.1 Å². The molecule has 1 aliphatic heterocycles. The fourth-order valence-corrected chi connectivity index (χ4v) is 5.30. The average molecular weight is 279 g/mol. The molecule has 2 heterocycles. The third-order valence-electron chi connectivity index (χ3n) is 4.20. The number of nitrogen functional groups attached to an aromatic ring is 1. The lowest BCUT2D eigenvalue weighted by Gasteiger charge is -2.18. The van der Waals surface area contributed by atoms with Gasteiger partial charge in [0, 0.05) is 13.1 Å². The van der Waals surface area contributed by atoms with Crippen LogP contribution in [0, 0.1) is 23.2 Å². The van der Waals surface area contributed by atoms with Crippen molar-refractivity contribution in [3.63, 3.8) is 0 Å². The first-order valence-corrected chi connectivity index (χ1v) is 8.40. The number of nitrogens with zero attached hydrogens (tertiary/aromatic N) is 2. The number of nitrogens with two attached hydrogens (primary N) is 1. The second-order valence-corrected chi connectivity index (χ2v) is 6.97. The quantitative estimate of drug-likeness (QED) is 0.845. The molecule has 2 N–H and O–H groups in total. The van der Waals surface area contributed by atoms with Crippen LogP contribution in [0.2, 0.25) is 0 Å². The number of rotatable bonds is 2. The highest BCUT2D eigenvalue weighted by atomic mass is 32.2. The Kier molecular flexibility index (Phi) is 3.16. The average Bonchev–Trinajstić information content (AvgIpc) is 3.00. The van der Waals surface area contributed by atoms with Crippen LogP contribution >= 0.6 is 23.1 Å². The number of hydrogen-bond acceptors (Lipinski definition) is 5. The molecule has 5 heteroatoms. The largest absolute Gasteiger partial charge is 0.396 e. The van der Waals surface area contributed by atoms with E-state index in [4.69, 9.17) is 11.0 Å². The summed E-state index contributed by atoms with van der Waals surface area (Å²) in [5.74, 6) is 1.74. The number of hydrogen-bond donors (Lipinski definition) is 1. The van der Waals surface area contributed by atoms with Crippen molar-refractivity contribution in [2.45, 2.75) is 24.2 Å². The van der Waals surface area contributed by atoms with E-state index in [-0.39, 0.29) is 0 Å². The van der Waals surface area contributed by atoms with Crippen LogP contribution in [-0.2, 0) is 0 Å². The molecule has 0 aromatic carbocycles. The molecular weight excluding hydrogens is 262 g/mol. The van der Waals surface area contributed by atoms with Crippen LogP contribution in [0.5, 0.6) is 0 Å². The summed E-state index contributed by atoms with van der Waals surface area (Å²) in [7, 11) is 0. The zero-order chi connectivity index (χ0) is 12.7. The Bertz CT molecular complexity index is 491. The van der Waals surface area contributed by atoms with Crippen molar-refractivity contribution in [2.24, 2.45) is 11.8 Å². The van der Waals surface area contributed by atoms with Gasteiger partial charge in [-0.25, -0.2) is 0 Å². The molecule has 0 radical (unpaired) electrons. The number of nitriles is 1. The Balaban J connectivity index is 1.91. The number of fused-ring (bicyclic) bond motifs is 1. The first kappa shape index (κ1) is 12.2. The van der Waals surface area contributed by atoms with Gasteiger partial charge in [0.1, 0.15) is 15.9 Å². The van der Waals surface area contributed by atoms with Crippen molar-refractivity contribution in [1.82, 2.24) is 0 Å². The van der Waals surface area contributed by atoms with Gasteiger partial charge in [0.15, 0.2) is 0 Å². The molecule has 2 fully saturated rings. The smallest absolute Gasteiger partial charge is 0.131 e. The van der Waals surface area contributed by atoms with Gasteiger partial charge in [-0.1, -0.05) is 6.42 Å². The lowest BCUT2D eigenvalue weighted by Crippen LogP contribution is -2.20. The van der Waals surface area contributed by atoms with Crippen molar-refractivity contribution >= 4 is 33.8 Å². The van der Waals surface area contributed by atoms with Crippen molar-refractivity contribution in [3.8, 4) is 6.07 Å². The molecule has 2 unspecified atom stereocenters. The number of thiophene rings is 1. The van der Waals surface area contributed by atoms with Gasteiger partial charge in [0.05, 0.1) is 10.6 Å². The van der Waals surface area contributed by atoms with E-state index >= 15 is 0 Å². The van der Waals surface area contributed by atoms with Gasteiger partial charge in [-0.3, -0.25) is 0 Å². The summed E-state index contributed by atoms with van der Waals surface area (Å²) < 4.78 is 0. The van der Waals surface area contributed by atoms with E-state index in [2.05, 4.69) is 11.0 Å². The Morgan fingerprint density at radius 1 is 1.39 bits per heavy atom. The van der Waals surface area contributed by atoms with Gasteiger partial charge in [-0.2, -0.15) is 5.26 Å². The molecule has 1 aromatic rings. The first-order valence-electron chi connectivity index (χ1n) is 6.36. The lowest BCUT2D eigenvalue weighted by atomic mass is 10.0. The topological polar surface area (TPSA) is 53.0 Å². The summed E-state index contributed by atoms with van der Waals surface area (Å²) in [6, 6.07) is 2.22. The molecular formula is C13H17N3S2. The van der Waals surface area contributed by atoms with Gasteiger partial charge in [-0.05, 0) is 30.9 Å². The molecule has 0 spiro atoms. The second kappa shape index (κ2) is 4.67. The molecule has 0 bridgehead atoms. The van der Waals surface area contributed by atoms with Crippen LogP contribution in [0.4, 0.5) is 10.7 Å². The second-order valence-electron chi connectivity index (χ2n) is 5.15. The molecule has 2 atom stereocenters. The Hall–Kier alpha value is -0.860. The Labute approximate surface area is 116 Å². The zero-order valence-corrected chi connectivity index (χ0v) is 12.1. The van der Waals surface area contributed by atoms with Gasteiger partial charge in [-0.15, -0.1) is 23.1 Å². The molecule has 18 heavy (non-hydrogen) atoms. The number of thioether (sulfide) groups is 1. The van der Waals surface area contributed by atoms with Crippen molar-refractivity contribution in [2.75, 3.05) is 30.0 Å². The predicted octanol–water partition coefficient (Wildman–Crippen LogP) is 3.16. The highest BCUT2D eigenvalue weighted by Gasteiger charge is 2.37. The van der Waals surface area contributed by atoms with E-state index in [1.54, 1.807) is 23.1 Å². The molecule has 1 aromatic heterocycles. The maximum atomic E-state index is 9.11. The van der Waals surface area contributed by atoms with Gasteiger partial charge >= 0.3 is 0 Å². The SMILES string of the molecule is CSc1c(N2CC3CCCC3C2)sc(C#N)c1N. The Morgan fingerprint density at radius 3 is 2.61 bits per heavy atom. The first-order chi connectivity index (χ1) is 8.74. The maximum absolute atomic E-state index is 9.11. The van der Waals surface area contributed by atoms with E-state index in [0.717, 1.165) is 29.8 Å². The van der Waals surface area contributed by atoms with Crippen LogP contribution in [0.3, 0.4) is 0 Å². The highest BCUT2D eigenvalue weighted by molar-refractivity contribution is 7.99. The van der Waals surface area contributed by atoms with E-state index < -0.39 is 0 Å². The van der Waals surface area contributed by atoms with E-state index in [0.29, 0.717) is 10.6 Å². The highest BCUT2D eigenvalue weighted by Crippen LogP contribution is 2.47. The number of anilines is 2. The predicted molar refractivity (Wildman–Crippen MR) is 78.3 cm³/mol. The van der Waals surface area contributed by atoms with Gasteiger partial charge in [0.25, 0.3) is 0 Å². The van der Waals surface area contributed by atoms with E-state index in [1.165, 1.54) is 24.3 Å². The maximum Gasteiger partial charge on any atom is 0.131 e. The summed E-state index contributed by atoms with van der Waals surface area (Å²) >= 11 is 3.23.